The van der Waals surface area contributed by atoms with E-state index < -0.39 is 0 Å². The molecule has 1 aromatic carbocycles. The lowest BCUT2D eigenvalue weighted by atomic mass is 10.1. The predicted molar refractivity (Wildman–Crippen MR) is 87.6 cm³/mol. The number of aryl methyl sites for hydroxylation is 1. The van der Waals surface area contributed by atoms with E-state index in [1.54, 1.807) is 4.68 Å². The molecule has 0 saturated carbocycles. The van der Waals surface area contributed by atoms with Gasteiger partial charge in [0, 0.05) is 44.4 Å². The Bertz CT molecular complexity index is 662. The minimum absolute atomic E-state index is 0.304. The third-order valence-electron chi connectivity index (χ3n) is 3.99. The lowest BCUT2D eigenvalue weighted by Gasteiger charge is -2.26. The van der Waals surface area contributed by atoms with Crippen LogP contribution in [-0.4, -0.2) is 46.9 Å². The molecular formula is C17H22N4O2. The molecule has 0 bridgehead atoms. The van der Waals surface area contributed by atoms with E-state index in [2.05, 4.69) is 34.3 Å². The highest BCUT2D eigenvalue weighted by molar-refractivity contribution is 5.73. The molecule has 1 fully saturated rings. The minimum Gasteiger partial charge on any atom is -0.379 e. The lowest BCUT2D eigenvalue weighted by Crippen LogP contribution is -2.35. The molecule has 3 rings (SSSR count). The summed E-state index contributed by atoms with van der Waals surface area (Å²) in [5, 5.41) is 4.29. The second-order valence-corrected chi connectivity index (χ2v) is 5.80. The average Bonchev–Trinajstić information content (AvgIpc) is 3.03. The van der Waals surface area contributed by atoms with E-state index in [1.807, 2.05) is 12.4 Å². The largest absolute Gasteiger partial charge is 0.379 e. The van der Waals surface area contributed by atoms with Gasteiger partial charge in [-0.25, -0.2) is 0 Å². The SMILES string of the molecule is NC(=O)CCn1cc(-c2cccc(CN3CCOCC3)c2)cn1. The number of morpholine rings is 1. The number of nitrogens with two attached hydrogens (primary N) is 1. The van der Waals surface area contributed by atoms with E-state index >= 15 is 0 Å². The number of carbonyl (C=O) groups excluding carboxylic acids is 1. The molecule has 0 unspecified atom stereocenters. The Morgan fingerprint density at radius 1 is 1.26 bits per heavy atom. The summed E-state index contributed by atoms with van der Waals surface area (Å²) < 4.78 is 7.15. The normalized spacial score (nSPS) is 15.7. The van der Waals surface area contributed by atoms with E-state index in [4.69, 9.17) is 10.5 Å². The first-order valence-corrected chi connectivity index (χ1v) is 7.91. The quantitative estimate of drug-likeness (QED) is 0.871. The Labute approximate surface area is 135 Å². The van der Waals surface area contributed by atoms with E-state index in [9.17, 15) is 4.79 Å². The van der Waals surface area contributed by atoms with Crippen molar-refractivity contribution in [3.8, 4) is 11.1 Å². The third kappa shape index (κ3) is 4.40. The van der Waals surface area contributed by atoms with Gasteiger partial charge in [0.05, 0.1) is 19.4 Å². The molecule has 1 saturated heterocycles. The van der Waals surface area contributed by atoms with Crippen LogP contribution < -0.4 is 5.73 Å². The topological polar surface area (TPSA) is 73.4 Å². The van der Waals surface area contributed by atoms with E-state index in [-0.39, 0.29) is 5.91 Å². The Morgan fingerprint density at radius 3 is 2.87 bits per heavy atom. The van der Waals surface area contributed by atoms with E-state index in [0.717, 1.165) is 44.0 Å². The van der Waals surface area contributed by atoms with Crippen LogP contribution in [0.2, 0.25) is 0 Å². The highest BCUT2D eigenvalue weighted by Crippen LogP contribution is 2.21. The Kier molecular flexibility index (Phi) is 5.05. The minimum atomic E-state index is -0.311. The van der Waals surface area contributed by atoms with Gasteiger partial charge in [-0.3, -0.25) is 14.4 Å². The molecule has 0 spiro atoms. The number of aromatic nitrogens is 2. The summed E-state index contributed by atoms with van der Waals surface area (Å²) in [5.74, 6) is -0.311. The first-order chi connectivity index (χ1) is 11.2. The van der Waals surface area contributed by atoms with Gasteiger partial charge >= 0.3 is 0 Å². The number of nitrogens with zero attached hydrogens (tertiary/aromatic N) is 3. The van der Waals surface area contributed by atoms with Crippen LogP contribution in [0, 0.1) is 0 Å². The molecule has 2 aromatic rings. The number of hydrogen-bond donors (Lipinski definition) is 1. The molecular weight excluding hydrogens is 292 g/mol. The molecule has 1 aliphatic rings. The first kappa shape index (κ1) is 15.7. The van der Waals surface area contributed by atoms with Crippen molar-refractivity contribution in [3.05, 3.63) is 42.2 Å². The maximum Gasteiger partial charge on any atom is 0.219 e. The fraction of sp³-hybridized carbons (Fsp3) is 0.412. The summed E-state index contributed by atoms with van der Waals surface area (Å²) in [6.45, 7) is 5.04. The van der Waals surface area contributed by atoms with Crippen LogP contribution in [0.1, 0.15) is 12.0 Å². The van der Waals surface area contributed by atoms with Gasteiger partial charge in [-0.1, -0.05) is 18.2 Å². The number of primary amides is 1. The van der Waals surface area contributed by atoms with Gasteiger partial charge in [-0.15, -0.1) is 0 Å². The van der Waals surface area contributed by atoms with Gasteiger partial charge in [-0.05, 0) is 17.2 Å². The lowest BCUT2D eigenvalue weighted by molar-refractivity contribution is -0.118. The van der Waals surface area contributed by atoms with E-state index in [1.165, 1.54) is 5.56 Å². The number of rotatable bonds is 6. The molecule has 6 heteroatoms. The zero-order chi connectivity index (χ0) is 16.1. The zero-order valence-electron chi connectivity index (χ0n) is 13.1. The van der Waals surface area contributed by atoms with Crippen LogP contribution in [0.25, 0.3) is 11.1 Å². The van der Waals surface area contributed by atoms with Gasteiger partial charge in [0.2, 0.25) is 5.91 Å². The van der Waals surface area contributed by atoms with E-state index in [0.29, 0.717) is 13.0 Å². The van der Waals surface area contributed by atoms with Crippen LogP contribution in [0.4, 0.5) is 0 Å². The average molecular weight is 314 g/mol. The fourth-order valence-corrected chi connectivity index (χ4v) is 2.73. The summed E-state index contributed by atoms with van der Waals surface area (Å²) in [7, 11) is 0. The Morgan fingerprint density at radius 2 is 2.09 bits per heavy atom. The van der Waals surface area contributed by atoms with Gasteiger partial charge < -0.3 is 10.5 Å². The molecule has 23 heavy (non-hydrogen) atoms. The van der Waals surface area contributed by atoms with Gasteiger partial charge in [0.15, 0.2) is 0 Å². The Balaban J connectivity index is 1.68. The molecule has 0 atom stereocenters. The second-order valence-electron chi connectivity index (χ2n) is 5.80. The molecule has 6 nitrogen and oxygen atoms in total. The van der Waals surface area contributed by atoms with Crippen molar-refractivity contribution in [1.29, 1.82) is 0 Å². The highest BCUT2D eigenvalue weighted by atomic mass is 16.5. The number of benzene rings is 1. The summed E-state index contributed by atoms with van der Waals surface area (Å²) in [5.41, 5.74) is 8.65. The van der Waals surface area contributed by atoms with Crippen LogP contribution >= 0.6 is 0 Å². The van der Waals surface area contributed by atoms with Crippen LogP contribution in [0.15, 0.2) is 36.7 Å². The third-order valence-corrected chi connectivity index (χ3v) is 3.99. The monoisotopic (exact) mass is 314 g/mol. The molecule has 0 radical (unpaired) electrons. The number of hydrogen-bond acceptors (Lipinski definition) is 4. The fourth-order valence-electron chi connectivity index (χ4n) is 2.73. The molecule has 1 amide bonds. The van der Waals surface area contributed by atoms with Crippen molar-refractivity contribution in [2.75, 3.05) is 26.3 Å². The summed E-state index contributed by atoms with van der Waals surface area (Å²) in [6.07, 6.45) is 4.09. The maximum absolute atomic E-state index is 10.9. The molecule has 2 heterocycles. The molecule has 1 aliphatic heterocycles. The van der Waals surface area contributed by atoms with Crippen molar-refractivity contribution in [2.24, 2.45) is 5.73 Å². The predicted octanol–water partition coefficient (Wildman–Crippen LogP) is 1.26. The molecule has 1 aromatic heterocycles. The van der Waals surface area contributed by atoms with Gasteiger partial charge in [0.1, 0.15) is 0 Å². The zero-order valence-corrected chi connectivity index (χ0v) is 13.1. The van der Waals surface area contributed by atoms with Crippen LogP contribution in [0.3, 0.4) is 0 Å². The van der Waals surface area contributed by atoms with Crippen LogP contribution in [-0.2, 0) is 22.6 Å². The van der Waals surface area contributed by atoms with Crippen molar-refractivity contribution in [3.63, 3.8) is 0 Å². The van der Waals surface area contributed by atoms with Gasteiger partial charge in [0.25, 0.3) is 0 Å². The Hall–Kier alpha value is -2.18. The smallest absolute Gasteiger partial charge is 0.219 e. The molecule has 122 valence electrons. The number of ether oxygens (including phenoxy) is 1. The summed E-state index contributed by atoms with van der Waals surface area (Å²) >= 11 is 0. The van der Waals surface area contributed by atoms with Crippen LogP contribution in [0.5, 0.6) is 0 Å². The van der Waals surface area contributed by atoms with Crippen molar-refractivity contribution >= 4 is 5.91 Å². The molecule has 2 N–H and O–H groups in total. The number of amides is 1. The maximum atomic E-state index is 10.9. The van der Waals surface area contributed by atoms with Crippen molar-refractivity contribution in [2.45, 2.75) is 19.5 Å². The molecule has 0 aliphatic carbocycles. The van der Waals surface area contributed by atoms with Crippen molar-refractivity contribution < 1.29 is 9.53 Å². The second kappa shape index (κ2) is 7.39. The summed E-state index contributed by atoms with van der Waals surface area (Å²) in [4.78, 5) is 13.3. The van der Waals surface area contributed by atoms with Gasteiger partial charge in [-0.2, -0.15) is 5.10 Å². The standard InChI is InChI=1S/C17H22N4O2/c18-17(22)4-5-21-13-16(11-19-21)15-3-1-2-14(10-15)12-20-6-8-23-9-7-20/h1-3,10-11,13H,4-9,12H2,(H2,18,22). The number of carbonyl (C=O) groups is 1. The highest BCUT2D eigenvalue weighted by Gasteiger charge is 2.11. The summed E-state index contributed by atoms with van der Waals surface area (Å²) in [6, 6.07) is 8.51. The first-order valence-electron chi connectivity index (χ1n) is 7.91. The van der Waals surface area contributed by atoms with Crippen molar-refractivity contribution in [1.82, 2.24) is 14.7 Å².